The van der Waals surface area contributed by atoms with E-state index in [1.165, 1.54) is 17.7 Å². The number of carbonyl (C=O) groups is 1. The van der Waals surface area contributed by atoms with Gasteiger partial charge < -0.3 is 10.6 Å². The summed E-state index contributed by atoms with van der Waals surface area (Å²) >= 11 is 0. The zero-order valence-corrected chi connectivity index (χ0v) is 14.5. The molecular formula is C20H25FN2O. The third-order valence-corrected chi connectivity index (χ3v) is 3.86. The topological polar surface area (TPSA) is 41.1 Å². The van der Waals surface area contributed by atoms with Crippen LogP contribution < -0.4 is 10.6 Å². The fourth-order valence-corrected chi connectivity index (χ4v) is 2.38. The first-order valence-electron chi connectivity index (χ1n) is 8.20. The molecule has 2 amide bonds. The minimum absolute atomic E-state index is 0.125. The van der Waals surface area contributed by atoms with E-state index >= 15 is 0 Å². The first-order chi connectivity index (χ1) is 11.3. The van der Waals surface area contributed by atoms with E-state index in [9.17, 15) is 9.18 Å². The van der Waals surface area contributed by atoms with Crippen molar-refractivity contribution in [2.45, 2.75) is 39.2 Å². The molecule has 2 N–H and O–H groups in total. The maximum Gasteiger partial charge on any atom is 0.315 e. The van der Waals surface area contributed by atoms with Crippen LogP contribution in [-0.4, -0.2) is 12.6 Å². The molecule has 0 atom stereocenters. The molecule has 0 aliphatic rings. The Balaban J connectivity index is 1.73. The van der Waals surface area contributed by atoms with Gasteiger partial charge in [0.1, 0.15) is 5.82 Å². The van der Waals surface area contributed by atoms with Crippen LogP contribution in [-0.2, 0) is 18.4 Å². The summed E-state index contributed by atoms with van der Waals surface area (Å²) in [5.41, 5.74) is 3.32. The quantitative estimate of drug-likeness (QED) is 0.850. The maximum absolute atomic E-state index is 13.1. The van der Waals surface area contributed by atoms with E-state index in [1.54, 1.807) is 6.07 Å². The second-order valence-corrected chi connectivity index (χ2v) is 6.94. The van der Waals surface area contributed by atoms with Crippen molar-refractivity contribution in [2.24, 2.45) is 0 Å². The molecule has 0 aromatic heterocycles. The molecule has 0 saturated carbocycles. The number of hydrogen-bond acceptors (Lipinski definition) is 1. The fraction of sp³-hybridized carbons (Fsp3) is 0.350. The van der Waals surface area contributed by atoms with Crippen LogP contribution in [0, 0.1) is 5.82 Å². The number of hydrogen-bond donors (Lipinski definition) is 2. The molecular weight excluding hydrogens is 303 g/mol. The van der Waals surface area contributed by atoms with Crippen LogP contribution >= 0.6 is 0 Å². The van der Waals surface area contributed by atoms with Crippen molar-refractivity contribution in [1.29, 1.82) is 0 Å². The van der Waals surface area contributed by atoms with Crippen molar-refractivity contribution >= 4 is 6.03 Å². The van der Waals surface area contributed by atoms with Crippen LogP contribution in [0.2, 0.25) is 0 Å². The molecule has 0 aliphatic carbocycles. The molecule has 0 bridgehead atoms. The molecule has 0 fully saturated rings. The molecule has 0 unspecified atom stereocenters. The van der Waals surface area contributed by atoms with Gasteiger partial charge in [0.15, 0.2) is 0 Å². The van der Waals surface area contributed by atoms with Gasteiger partial charge in [-0.1, -0.05) is 57.2 Å². The lowest BCUT2D eigenvalue weighted by Gasteiger charge is -2.19. The number of nitrogens with one attached hydrogen (secondary N) is 2. The predicted octanol–water partition coefficient (Wildman–Crippen LogP) is 4.17. The van der Waals surface area contributed by atoms with Crippen LogP contribution in [0.15, 0.2) is 48.5 Å². The highest BCUT2D eigenvalue weighted by atomic mass is 19.1. The van der Waals surface area contributed by atoms with Crippen LogP contribution in [0.1, 0.15) is 37.5 Å². The summed E-state index contributed by atoms with van der Waals surface area (Å²) in [7, 11) is 0. The molecule has 0 heterocycles. The third kappa shape index (κ3) is 5.69. The summed E-state index contributed by atoms with van der Waals surface area (Å²) < 4.78 is 13.1. The molecule has 2 rings (SSSR count). The van der Waals surface area contributed by atoms with Crippen molar-refractivity contribution < 1.29 is 9.18 Å². The third-order valence-electron chi connectivity index (χ3n) is 3.86. The van der Waals surface area contributed by atoms with Gasteiger partial charge >= 0.3 is 6.03 Å². The highest BCUT2D eigenvalue weighted by Gasteiger charge is 2.12. The number of carbonyl (C=O) groups excluding carboxylic acids is 1. The Kier molecular flexibility index (Phi) is 5.96. The van der Waals surface area contributed by atoms with Gasteiger partial charge in [-0.3, -0.25) is 0 Å². The second-order valence-electron chi connectivity index (χ2n) is 6.94. The van der Waals surface area contributed by atoms with Gasteiger partial charge in [0, 0.05) is 13.1 Å². The molecule has 0 saturated heterocycles. The Morgan fingerprint density at radius 2 is 1.71 bits per heavy atom. The smallest absolute Gasteiger partial charge is 0.315 e. The van der Waals surface area contributed by atoms with Crippen molar-refractivity contribution in [3.05, 3.63) is 71.0 Å². The molecule has 2 aromatic rings. The van der Waals surface area contributed by atoms with Crippen molar-refractivity contribution in [3.63, 3.8) is 0 Å². The Morgan fingerprint density at radius 1 is 1.00 bits per heavy atom. The summed E-state index contributed by atoms with van der Waals surface area (Å²) in [4.78, 5) is 11.8. The molecule has 2 aromatic carbocycles. The van der Waals surface area contributed by atoms with E-state index < -0.39 is 0 Å². The number of amides is 2. The number of urea groups is 1. The summed E-state index contributed by atoms with van der Waals surface area (Å²) in [6.07, 6.45) is 0.603. The Labute approximate surface area is 143 Å². The van der Waals surface area contributed by atoms with Gasteiger partial charge in [0.05, 0.1) is 0 Å². The Hall–Kier alpha value is -2.36. The van der Waals surface area contributed by atoms with Gasteiger partial charge in [0.25, 0.3) is 0 Å². The summed E-state index contributed by atoms with van der Waals surface area (Å²) in [6, 6.07) is 14.5. The number of benzene rings is 2. The highest BCUT2D eigenvalue weighted by Crippen LogP contribution is 2.22. The van der Waals surface area contributed by atoms with E-state index in [4.69, 9.17) is 0 Å². The highest BCUT2D eigenvalue weighted by molar-refractivity contribution is 5.73. The predicted molar refractivity (Wildman–Crippen MR) is 95.5 cm³/mol. The average Bonchev–Trinajstić information content (AvgIpc) is 2.52. The van der Waals surface area contributed by atoms with Crippen LogP contribution in [0.4, 0.5) is 9.18 Å². The molecule has 0 radical (unpaired) electrons. The summed E-state index contributed by atoms with van der Waals surface area (Å²) in [5, 5.41) is 5.61. The van der Waals surface area contributed by atoms with Crippen LogP contribution in [0.5, 0.6) is 0 Å². The summed E-state index contributed by atoms with van der Waals surface area (Å²) in [6.45, 7) is 7.47. The lowest BCUT2D eigenvalue weighted by molar-refractivity contribution is 0.240. The monoisotopic (exact) mass is 328 g/mol. The maximum atomic E-state index is 13.1. The van der Waals surface area contributed by atoms with Gasteiger partial charge in [-0.25, -0.2) is 9.18 Å². The summed E-state index contributed by atoms with van der Waals surface area (Å²) in [5.74, 6) is -0.254. The molecule has 24 heavy (non-hydrogen) atoms. The van der Waals surface area contributed by atoms with Crippen molar-refractivity contribution in [3.8, 4) is 0 Å². The van der Waals surface area contributed by atoms with Gasteiger partial charge in [-0.05, 0) is 40.7 Å². The zero-order valence-electron chi connectivity index (χ0n) is 14.5. The standard InChI is InChI=1S/C20H25FN2O/c1-20(2,3)17-9-7-16(8-10-17)14-23-19(24)22-12-11-15-5-4-6-18(21)13-15/h4-10,13H,11-12,14H2,1-3H3,(H2,22,23,24). The van der Waals surface area contributed by atoms with Crippen molar-refractivity contribution in [1.82, 2.24) is 10.6 Å². The van der Waals surface area contributed by atoms with E-state index in [0.717, 1.165) is 11.1 Å². The van der Waals surface area contributed by atoms with E-state index in [1.807, 2.05) is 18.2 Å². The van der Waals surface area contributed by atoms with Crippen LogP contribution in [0.25, 0.3) is 0 Å². The molecule has 128 valence electrons. The van der Waals surface area contributed by atoms with Gasteiger partial charge in [-0.2, -0.15) is 0 Å². The average molecular weight is 328 g/mol. The lowest BCUT2D eigenvalue weighted by Crippen LogP contribution is -2.36. The van der Waals surface area contributed by atoms with Gasteiger partial charge in [0.2, 0.25) is 0 Å². The molecule has 0 spiro atoms. The minimum Gasteiger partial charge on any atom is -0.338 e. The molecule has 0 aliphatic heterocycles. The lowest BCUT2D eigenvalue weighted by atomic mass is 9.87. The normalized spacial score (nSPS) is 11.2. The van der Waals surface area contributed by atoms with E-state index in [2.05, 4.69) is 43.5 Å². The van der Waals surface area contributed by atoms with Gasteiger partial charge in [-0.15, -0.1) is 0 Å². The van der Waals surface area contributed by atoms with E-state index in [0.29, 0.717) is 19.5 Å². The first-order valence-corrected chi connectivity index (χ1v) is 8.20. The Morgan fingerprint density at radius 3 is 2.33 bits per heavy atom. The zero-order chi connectivity index (χ0) is 17.6. The number of halogens is 1. The van der Waals surface area contributed by atoms with E-state index in [-0.39, 0.29) is 17.3 Å². The van der Waals surface area contributed by atoms with Crippen LogP contribution in [0.3, 0.4) is 0 Å². The minimum atomic E-state index is -0.254. The first kappa shape index (κ1) is 18.0. The SMILES string of the molecule is CC(C)(C)c1ccc(CNC(=O)NCCc2cccc(F)c2)cc1. The molecule has 4 heteroatoms. The second kappa shape index (κ2) is 7.95. The molecule has 3 nitrogen and oxygen atoms in total. The fourth-order valence-electron chi connectivity index (χ4n) is 2.38. The largest absolute Gasteiger partial charge is 0.338 e. The Bertz CT molecular complexity index is 675. The van der Waals surface area contributed by atoms with Crippen molar-refractivity contribution in [2.75, 3.05) is 6.54 Å². The number of rotatable bonds is 5.